The second-order valence-electron chi connectivity index (χ2n) is 6.27. The first-order valence-corrected chi connectivity index (χ1v) is 7.83. The molecule has 0 unspecified atom stereocenters. The fourth-order valence-electron chi connectivity index (χ4n) is 3.13. The van der Waals surface area contributed by atoms with Gasteiger partial charge in [0.2, 0.25) is 0 Å². The van der Waals surface area contributed by atoms with Crippen LogP contribution in [0, 0.1) is 5.92 Å². The monoisotopic (exact) mass is 296 g/mol. The van der Waals surface area contributed by atoms with E-state index in [0.29, 0.717) is 12.5 Å². The Morgan fingerprint density at radius 2 is 2.00 bits per heavy atom. The quantitative estimate of drug-likeness (QED) is 0.872. The maximum absolute atomic E-state index is 5.94. The number of aromatic nitrogens is 1. The number of ether oxygens (including phenoxy) is 2. The molecule has 0 bridgehead atoms. The van der Waals surface area contributed by atoms with Gasteiger partial charge in [0, 0.05) is 25.8 Å². The second kappa shape index (κ2) is 5.61. The summed E-state index contributed by atoms with van der Waals surface area (Å²) in [7, 11) is 0. The third-order valence-electron chi connectivity index (χ3n) is 4.28. The molecule has 0 N–H and O–H groups in total. The Hall–Kier alpha value is -2.07. The molecule has 0 amide bonds. The average molecular weight is 296 g/mol. The molecular formula is C18H20N2O2. The van der Waals surface area contributed by atoms with Gasteiger partial charge in [0.05, 0.1) is 0 Å². The molecule has 1 aromatic heterocycles. The fraction of sp³-hybridized carbons (Fsp3) is 0.389. The van der Waals surface area contributed by atoms with Crippen LogP contribution in [0.5, 0.6) is 11.6 Å². The first kappa shape index (κ1) is 13.6. The minimum absolute atomic E-state index is 0.0829. The highest BCUT2D eigenvalue weighted by atomic mass is 16.6. The molecule has 1 saturated heterocycles. The first-order valence-electron chi connectivity index (χ1n) is 7.83. The normalized spacial score (nSPS) is 21.4. The number of likely N-dealkylation sites (tertiary alicyclic amines) is 1. The van der Waals surface area contributed by atoms with Gasteiger partial charge in [0.25, 0.3) is 5.88 Å². The third kappa shape index (κ3) is 2.66. The Labute approximate surface area is 130 Å². The summed E-state index contributed by atoms with van der Waals surface area (Å²) >= 11 is 0. The predicted octanol–water partition coefficient (Wildman–Crippen LogP) is 3.05. The van der Waals surface area contributed by atoms with Gasteiger partial charge in [0.15, 0.2) is 11.9 Å². The minimum Gasteiger partial charge on any atom is -0.484 e. The SMILES string of the molecule is CC1CN(Cc2ccc([C@H]3COc4cccnc4O3)cc2)C1. The Bertz CT molecular complexity index is 650. The number of hydrogen-bond acceptors (Lipinski definition) is 4. The Morgan fingerprint density at radius 3 is 2.77 bits per heavy atom. The van der Waals surface area contributed by atoms with E-state index in [9.17, 15) is 0 Å². The lowest BCUT2D eigenvalue weighted by molar-refractivity contribution is 0.0849. The van der Waals surface area contributed by atoms with E-state index in [2.05, 4.69) is 41.1 Å². The maximum atomic E-state index is 5.94. The van der Waals surface area contributed by atoms with E-state index in [-0.39, 0.29) is 6.10 Å². The largest absolute Gasteiger partial charge is 0.484 e. The van der Waals surface area contributed by atoms with Crippen LogP contribution in [0.1, 0.15) is 24.2 Å². The number of hydrogen-bond donors (Lipinski definition) is 0. The second-order valence-corrected chi connectivity index (χ2v) is 6.27. The summed E-state index contributed by atoms with van der Waals surface area (Å²) in [5.74, 6) is 2.15. The van der Waals surface area contributed by atoms with Crippen molar-refractivity contribution < 1.29 is 9.47 Å². The maximum Gasteiger partial charge on any atom is 0.257 e. The van der Waals surface area contributed by atoms with Crippen LogP contribution >= 0.6 is 0 Å². The summed E-state index contributed by atoms with van der Waals surface area (Å²) in [4.78, 5) is 6.70. The van der Waals surface area contributed by atoms with Crippen LogP contribution in [-0.4, -0.2) is 29.6 Å². The molecule has 3 heterocycles. The summed E-state index contributed by atoms with van der Waals surface area (Å²) in [6.07, 6.45) is 1.64. The van der Waals surface area contributed by atoms with Crippen LogP contribution in [-0.2, 0) is 6.54 Å². The Morgan fingerprint density at radius 1 is 1.18 bits per heavy atom. The first-order chi connectivity index (χ1) is 10.8. The van der Waals surface area contributed by atoms with E-state index < -0.39 is 0 Å². The van der Waals surface area contributed by atoms with Crippen molar-refractivity contribution in [3.63, 3.8) is 0 Å². The summed E-state index contributed by atoms with van der Waals surface area (Å²) < 4.78 is 11.7. The lowest BCUT2D eigenvalue weighted by atomic mass is 10.0. The van der Waals surface area contributed by atoms with Gasteiger partial charge in [0.1, 0.15) is 6.61 Å². The number of pyridine rings is 1. The summed E-state index contributed by atoms with van der Waals surface area (Å²) in [5, 5.41) is 0. The van der Waals surface area contributed by atoms with E-state index in [1.54, 1.807) is 6.20 Å². The summed E-state index contributed by atoms with van der Waals surface area (Å²) in [6, 6.07) is 12.4. The Balaban J connectivity index is 1.43. The van der Waals surface area contributed by atoms with Crippen LogP contribution in [0.25, 0.3) is 0 Å². The van der Waals surface area contributed by atoms with Gasteiger partial charge in [-0.2, -0.15) is 0 Å². The lowest BCUT2D eigenvalue weighted by Crippen LogP contribution is -2.44. The molecule has 0 saturated carbocycles. The van der Waals surface area contributed by atoms with Crippen molar-refractivity contribution in [2.75, 3.05) is 19.7 Å². The molecule has 0 aliphatic carbocycles. The van der Waals surface area contributed by atoms with E-state index in [1.165, 1.54) is 18.7 Å². The lowest BCUT2D eigenvalue weighted by Gasteiger charge is -2.37. The van der Waals surface area contributed by atoms with Crippen molar-refractivity contribution in [1.82, 2.24) is 9.88 Å². The standard InChI is InChI=1S/C18H20N2O2/c1-13-9-20(10-13)11-14-4-6-15(7-5-14)17-12-21-16-3-2-8-19-18(16)22-17/h2-8,13,17H,9-12H2,1H3/t17-/m1/s1. The zero-order valence-corrected chi connectivity index (χ0v) is 12.7. The average Bonchev–Trinajstić information content (AvgIpc) is 2.54. The molecule has 0 radical (unpaired) electrons. The highest BCUT2D eigenvalue weighted by Crippen LogP contribution is 2.34. The van der Waals surface area contributed by atoms with Gasteiger partial charge in [-0.1, -0.05) is 31.2 Å². The highest BCUT2D eigenvalue weighted by Gasteiger charge is 2.24. The molecule has 114 valence electrons. The molecule has 0 spiro atoms. The molecule has 2 aliphatic rings. The summed E-state index contributed by atoms with van der Waals surface area (Å²) in [6.45, 7) is 6.29. The van der Waals surface area contributed by atoms with Crippen LogP contribution < -0.4 is 9.47 Å². The van der Waals surface area contributed by atoms with Gasteiger partial charge in [-0.25, -0.2) is 4.98 Å². The van der Waals surface area contributed by atoms with E-state index in [4.69, 9.17) is 9.47 Å². The zero-order valence-electron chi connectivity index (χ0n) is 12.7. The van der Waals surface area contributed by atoms with Gasteiger partial charge in [-0.15, -0.1) is 0 Å². The highest BCUT2D eigenvalue weighted by molar-refractivity contribution is 5.35. The number of rotatable bonds is 3. The van der Waals surface area contributed by atoms with E-state index >= 15 is 0 Å². The molecule has 1 aromatic carbocycles. The number of benzene rings is 1. The van der Waals surface area contributed by atoms with Crippen molar-refractivity contribution >= 4 is 0 Å². The fourth-order valence-corrected chi connectivity index (χ4v) is 3.13. The smallest absolute Gasteiger partial charge is 0.257 e. The molecule has 2 aliphatic heterocycles. The molecule has 4 rings (SSSR count). The topological polar surface area (TPSA) is 34.6 Å². The number of fused-ring (bicyclic) bond motifs is 1. The molecular weight excluding hydrogens is 276 g/mol. The van der Waals surface area contributed by atoms with Gasteiger partial charge >= 0.3 is 0 Å². The molecule has 1 atom stereocenters. The summed E-state index contributed by atoms with van der Waals surface area (Å²) in [5.41, 5.74) is 2.49. The third-order valence-corrected chi connectivity index (χ3v) is 4.28. The number of nitrogens with zero attached hydrogens (tertiary/aromatic N) is 2. The molecule has 2 aromatic rings. The van der Waals surface area contributed by atoms with Crippen molar-refractivity contribution in [3.05, 3.63) is 53.7 Å². The molecule has 4 nitrogen and oxygen atoms in total. The molecule has 4 heteroatoms. The predicted molar refractivity (Wildman–Crippen MR) is 84.0 cm³/mol. The van der Waals surface area contributed by atoms with Crippen LogP contribution in [0.4, 0.5) is 0 Å². The van der Waals surface area contributed by atoms with Crippen molar-refractivity contribution in [2.45, 2.75) is 19.6 Å². The van der Waals surface area contributed by atoms with Crippen molar-refractivity contribution in [3.8, 4) is 11.6 Å². The van der Waals surface area contributed by atoms with Crippen molar-refractivity contribution in [1.29, 1.82) is 0 Å². The molecule has 22 heavy (non-hydrogen) atoms. The van der Waals surface area contributed by atoms with Crippen LogP contribution in [0.3, 0.4) is 0 Å². The van der Waals surface area contributed by atoms with Gasteiger partial charge in [-0.3, -0.25) is 4.90 Å². The minimum atomic E-state index is -0.0829. The van der Waals surface area contributed by atoms with Gasteiger partial charge < -0.3 is 9.47 Å². The Kier molecular flexibility index (Phi) is 3.47. The van der Waals surface area contributed by atoms with Crippen LogP contribution in [0.15, 0.2) is 42.6 Å². The zero-order chi connectivity index (χ0) is 14.9. The van der Waals surface area contributed by atoms with E-state index in [0.717, 1.165) is 23.8 Å². The molecule has 1 fully saturated rings. The van der Waals surface area contributed by atoms with Crippen molar-refractivity contribution in [2.24, 2.45) is 5.92 Å². The van der Waals surface area contributed by atoms with Crippen LogP contribution in [0.2, 0.25) is 0 Å². The van der Waals surface area contributed by atoms with Gasteiger partial charge in [-0.05, 0) is 29.2 Å². The van der Waals surface area contributed by atoms with E-state index in [1.807, 2.05) is 12.1 Å².